The topological polar surface area (TPSA) is 40.6 Å². The van der Waals surface area contributed by atoms with E-state index in [-0.39, 0.29) is 11.7 Å². The molecule has 0 radical (unpaired) electrons. The molecule has 0 aromatic heterocycles. The molecule has 0 aliphatic carbocycles. The van der Waals surface area contributed by atoms with E-state index in [1.165, 1.54) is 0 Å². The van der Waals surface area contributed by atoms with Gasteiger partial charge >= 0.3 is 0 Å². The molecule has 1 amide bonds. The first-order valence-electron chi connectivity index (χ1n) is 7.05. The largest absolute Gasteiger partial charge is 0.348 e. The summed E-state index contributed by atoms with van der Waals surface area (Å²) < 4.78 is 0. The number of likely N-dealkylation sites (N-methyl/N-ethyl adjacent to an activating group) is 2. The molecule has 0 aliphatic heterocycles. The number of carbonyl (C=O) groups is 2. The summed E-state index contributed by atoms with van der Waals surface area (Å²) in [5.41, 5.74) is 0.764. The van der Waals surface area contributed by atoms with E-state index in [0.29, 0.717) is 13.0 Å². The first kappa shape index (κ1) is 16.4. The minimum absolute atomic E-state index is 0.0984. The molecule has 4 heteroatoms. The number of Topliss-reactive ketones (excluding diaryl/α,β-unsaturated/α-hetero) is 1. The quantitative estimate of drug-likeness (QED) is 0.682. The zero-order valence-electron chi connectivity index (χ0n) is 12.6. The molecule has 1 aromatic carbocycles. The zero-order valence-corrected chi connectivity index (χ0v) is 12.6. The van der Waals surface area contributed by atoms with Gasteiger partial charge in [0, 0.05) is 26.1 Å². The third-order valence-electron chi connectivity index (χ3n) is 3.28. The van der Waals surface area contributed by atoms with Crippen molar-refractivity contribution in [3.8, 4) is 0 Å². The minimum Gasteiger partial charge on any atom is -0.348 e. The summed E-state index contributed by atoms with van der Waals surface area (Å²) >= 11 is 0. The standard InChI is InChI=1S/C16H24N2O2/c1-4-18(13-16(20)17(2)3)12-8-11-15(19)14-9-6-5-7-10-14/h5-7,9-10H,4,8,11-13H2,1-3H3. The Hall–Kier alpha value is -1.68. The summed E-state index contributed by atoms with van der Waals surface area (Å²) in [5.74, 6) is 0.266. The summed E-state index contributed by atoms with van der Waals surface area (Å²) in [6.45, 7) is 4.04. The third kappa shape index (κ3) is 5.53. The Bertz CT molecular complexity index is 429. The van der Waals surface area contributed by atoms with Crippen molar-refractivity contribution in [3.63, 3.8) is 0 Å². The first-order valence-corrected chi connectivity index (χ1v) is 7.05. The lowest BCUT2D eigenvalue weighted by Gasteiger charge is -2.21. The molecule has 0 aliphatic rings. The summed E-state index contributed by atoms with van der Waals surface area (Å²) in [5, 5.41) is 0. The van der Waals surface area contributed by atoms with Gasteiger partial charge in [-0.15, -0.1) is 0 Å². The van der Waals surface area contributed by atoms with E-state index in [1.54, 1.807) is 19.0 Å². The van der Waals surface area contributed by atoms with Gasteiger partial charge in [-0.2, -0.15) is 0 Å². The van der Waals surface area contributed by atoms with Gasteiger partial charge in [0.1, 0.15) is 0 Å². The van der Waals surface area contributed by atoms with Gasteiger partial charge in [-0.3, -0.25) is 14.5 Å². The smallest absolute Gasteiger partial charge is 0.236 e. The monoisotopic (exact) mass is 276 g/mol. The highest BCUT2D eigenvalue weighted by Gasteiger charge is 2.11. The maximum atomic E-state index is 12.0. The number of hydrogen-bond donors (Lipinski definition) is 0. The van der Waals surface area contributed by atoms with E-state index in [4.69, 9.17) is 0 Å². The average molecular weight is 276 g/mol. The van der Waals surface area contributed by atoms with Crippen LogP contribution in [0.3, 0.4) is 0 Å². The molecule has 110 valence electrons. The van der Waals surface area contributed by atoms with Crippen LogP contribution in [0.1, 0.15) is 30.1 Å². The summed E-state index contributed by atoms with van der Waals surface area (Å²) in [6, 6.07) is 9.34. The second-order valence-corrected chi connectivity index (χ2v) is 5.05. The fourth-order valence-corrected chi connectivity index (χ4v) is 1.91. The van der Waals surface area contributed by atoms with Crippen LogP contribution in [-0.4, -0.2) is 55.2 Å². The van der Waals surface area contributed by atoms with Crippen LogP contribution in [0, 0.1) is 0 Å². The molecular formula is C16H24N2O2. The van der Waals surface area contributed by atoms with E-state index in [9.17, 15) is 9.59 Å². The highest BCUT2D eigenvalue weighted by atomic mass is 16.2. The van der Waals surface area contributed by atoms with E-state index in [1.807, 2.05) is 37.3 Å². The molecule has 4 nitrogen and oxygen atoms in total. The SMILES string of the molecule is CCN(CCCC(=O)c1ccccc1)CC(=O)N(C)C. The van der Waals surface area contributed by atoms with Gasteiger partial charge in [0.25, 0.3) is 0 Å². The lowest BCUT2D eigenvalue weighted by molar-refractivity contribution is -0.129. The molecule has 0 saturated carbocycles. The molecule has 0 N–H and O–H groups in total. The molecule has 1 aromatic rings. The Morgan fingerprint density at radius 2 is 1.75 bits per heavy atom. The number of benzene rings is 1. The molecule has 0 spiro atoms. The van der Waals surface area contributed by atoms with E-state index in [0.717, 1.165) is 25.1 Å². The maximum absolute atomic E-state index is 12.0. The van der Waals surface area contributed by atoms with Crippen molar-refractivity contribution in [1.29, 1.82) is 0 Å². The van der Waals surface area contributed by atoms with Crippen molar-refractivity contribution >= 4 is 11.7 Å². The number of amides is 1. The molecular weight excluding hydrogens is 252 g/mol. The lowest BCUT2D eigenvalue weighted by atomic mass is 10.1. The van der Waals surface area contributed by atoms with Gasteiger partial charge in [-0.1, -0.05) is 37.3 Å². The van der Waals surface area contributed by atoms with Gasteiger partial charge in [-0.25, -0.2) is 0 Å². The van der Waals surface area contributed by atoms with Crippen molar-refractivity contribution in [3.05, 3.63) is 35.9 Å². The van der Waals surface area contributed by atoms with Crippen molar-refractivity contribution in [2.24, 2.45) is 0 Å². The Balaban J connectivity index is 2.35. The molecule has 20 heavy (non-hydrogen) atoms. The summed E-state index contributed by atoms with van der Waals surface area (Å²) in [7, 11) is 3.52. The van der Waals surface area contributed by atoms with Gasteiger partial charge in [-0.05, 0) is 19.5 Å². The van der Waals surface area contributed by atoms with Crippen LogP contribution in [0.15, 0.2) is 30.3 Å². The predicted molar refractivity (Wildman–Crippen MR) is 80.8 cm³/mol. The molecule has 0 fully saturated rings. The maximum Gasteiger partial charge on any atom is 0.236 e. The molecule has 0 bridgehead atoms. The van der Waals surface area contributed by atoms with Crippen LogP contribution >= 0.6 is 0 Å². The first-order chi connectivity index (χ1) is 9.54. The van der Waals surface area contributed by atoms with Crippen LogP contribution in [0.25, 0.3) is 0 Å². The zero-order chi connectivity index (χ0) is 15.0. The molecule has 0 saturated heterocycles. The van der Waals surface area contributed by atoms with Crippen molar-refractivity contribution < 1.29 is 9.59 Å². The molecule has 0 heterocycles. The second-order valence-electron chi connectivity index (χ2n) is 5.05. The second kappa shape index (κ2) is 8.48. The van der Waals surface area contributed by atoms with Crippen molar-refractivity contribution in [2.75, 3.05) is 33.7 Å². The number of nitrogens with zero attached hydrogens (tertiary/aromatic N) is 2. The summed E-state index contributed by atoms with van der Waals surface area (Å²) in [6.07, 6.45) is 1.30. The van der Waals surface area contributed by atoms with Gasteiger partial charge in [0.05, 0.1) is 6.54 Å². The number of carbonyl (C=O) groups excluding carboxylic acids is 2. The number of rotatable bonds is 8. The third-order valence-corrected chi connectivity index (χ3v) is 3.28. The Kier molecular flexibility index (Phi) is 6.94. The highest BCUT2D eigenvalue weighted by Crippen LogP contribution is 2.06. The molecule has 0 unspecified atom stereocenters. The van der Waals surface area contributed by atoms with E-state index in [2.05, 4.69) is 4.90 Å². The Labute approximate surface area is 121 Å². The van der Waals surface area contributed by atoms with Crippen molar-refractivity contribution in [1.82, 2.24) is 9.80 Å². The van der Waals surface area contributed by atoms with Crippen LogP contribution in [0.5, 0.6) is 0 Å². The normalized spacial score (nSPS) is 10.6. The van der Waals surface area contributed by atoms with Crippen LogP contribution < -0.4 is 0 Å². The number of hydrogen-bond acceptors (Lipinski definition) is 3. The summed E-state index contributed by atoms with van der Waals surface area (Å²) in [4.78, 5) is 27.3. The van der Waals surface area contributed by atoms with Crippen LogP contribution in [-0.2, 0) is 4.79 Å². The fourth-order valence-electron chi connectivity index (χ4n) is 1.91. The average Bonchev–Trinajstić information content (AvgIpc) is 2.46. The Morgan fingerprint density at radius 3 is 2.30 bits per heavy atom. The lowest BCUT2D eigenvalue weighted by Crippen LogP contribution is -2.37. The van der Waals surface area contributed by atoms with Crippen LogP contribution in [0.4, 0.5) is 0 Å². The van der Waals surface area contributed by atoms with E-state index < -0.39 is 0 Å². The fraction of sp³-hybridized carbons (Fsp3) is 0.500. The van der Waals surface area contributed by atoms with Gasteiger partial charge < -0.3 is 4.90 Å². The van der Waals surface area contributed by atoms with Crippen LogP contribution in [0.2, 0.25) is 0 Å². The van der Waals surface area contributed by atoms with Crippen molar-refractivity contribution in [2.45, 2.75) is 19.8 Å². The van der Waals surface area contributed by atoms with Gasteiger partial charge in [0.2, 0.25) is 5.91 Å². The highest BCUT2D eigenvalue weighted by molar-refractivity contribution is 5.95. The minimum atomic E-state index is 0.0984. The molecule has 0 atom stereocenters. The number of ketones is 1. The Morgan fingerprint density at radius 1 is 1.10 bits per heavy atom. The molecule has 1 rings (SSSR count). The van der Waals surface area contributed by atoms with E-state index >= 15 is 0 Å². The van der Waals surface area contributed by atoms with Gasteiger partial charge in [0.15, 0.2) is 5.78 Å². The predicted octanol–water partition coefficient (Wildman–Crippen LogP) is 2.06.